The molecule has 9 heteroatoms. The summed E-state index contributed by atoms with van der Waals surface area (Å²) in [5.41, 5.74) is 3.68. The van der Waals surface area contributed by atoms with Gasteiger partial charge in [-0.1, -0.05) is 0 Å². The van der Waals surface area contributed by atoms with Crippen LogP contribution in [0.4, 0.5) is 5.82 Å². The molecule has 0 fully saturated rings. The van der Waals surface area contributed by atoms with Crippen molar-refractivity contribution in [1.82, 2.24) is 30.3 Å². The van der Waals surface area contributed by atoms with Crippen molar-refractivity contribution in [2.75, 3.05) is 18.4 Å². The predicted octanol–water partition coefficient (Wildman–Crippen LogP) is 2.59. The van der Waals surface area contributed by atoms with Crippen LogP contribution >= 0.6 is 15.9 Å². The van der Waals surface area contributed by atoms with Gasteiger partial charge >= 0.3 is 0 Å². The molecule has 3 aromatic heterocycles. The molecule has 3 rings (SSSR count). The number of carbonyl (C=O) groups is 1. The molecule has 0 spiro atoms. The molecule has 0 saturated carbocycles. The molecular formula is C18H20BrN7O. The topological polar surface area (TPSA) is 97.6 Å². The van der Waals surface area contributed by atoms with E-state index in [2.05, 4.69) is 46.8 Å². The third-order valence-corrected chi connectivity index (χ3v) is 4.64. The Balaban J connectivity index is 1.52. The number of aromatic nitrogens is 5. The first kappa shape index (κ1) is 19.0. The molecule has 2 N–H and O–H groups in total. The average Bonchev–Trinajstić information content (AvgIpc) is 2.93. The minimum atomic E-state index is -0.174. The Morgan fingerprint density at radius 3 is 2.59 bits per heavy atom. The fraction of sp³-hybridized carbons (Fsp3) is 0.278. The summed E-state index contributed by atoms with van der Waals surface area (Å²) >= 11 is 3.30. The number of halogens is 1. The standard InChI is InChI=1S/C18H20BrN7O/c1-11-12(2)25-26(13(11)3)17-5-4-16(23-24-17)21-6-7-22-18(27)14-8-15(19)10-20-9-14/h4-5,8-10H,6-7H2,1-3H3,(H,21,23)(H,22,27). The highest BCUT2D eigenvalue weighted by Gasteiger charge is 2.10. The fourth-order valence-electron chi connectivity index (χ4n) is 2.48. The second kappa shape index (κ2) is 8.26. The van der Waals surface area contributed by atoms with Crippen LogP contribution in [0.1, 0.15) is 27.3 Å². The summed E-state index contributed by atoms with van der Waals surface area (Å²) in [7, 11) is 0. The Kier molecular flexibility index (Phi) is 5.80. The molecule has 0 radical (unpaired) electrons. The van der Waals surface area contributed by atoms with E-state index in [1.165, 1.54) is 6.20 Å². The molecule has 0 aromatic carbocycles. The highest BCUT2D eigenvalue weighted by Crippen LogP contribution is 2.15. The van der Waals surface area contributed by atoms with E-state index in [4.69, 9.17) is 0 Å². The van der Waals surface area contributed by atoms with Gasteiger partial charge in [0.25, 0.3) is 5.91 Å². The number of nitrogens with one attached hydrogen (secondary N) is 2. The SMILES string of the molecule is Cc1nn(-c2ccc(NCCNC(=O)c3cncc(Br)c3)nn2)c(C)c1C. The van der Waals surface area contributed by atoms with Crippen LogP contribution in [0, 0.1) is 20.8 Å². The molecule has 0 aliphatic heterocycles. The Hall–Kier alpha value is -2.81. The van der Waals surface area contributed by atoms with Crippen molar-refractivity contribution in [2.45, 2.75) is 20.8 Å². The highest BCUT2D eigenvalue weighted by molar-refractivity contribution is 9.10. The number of anilines is 1. The van der Waals surface area contributed by atoms with Crippen molar-refractivity contribution in [3.63, 3.8) is 0 Å². The van der Waals surface area contributed by atoms with Crippen LogP contribution in [0.15, 0.2) is 35.1 Å². The van der Waals surface area contributed by atoms with Gasteiger partial charge < -0.3 is 10.6 Å². The summed E-state index contributed by atoms with van der Waals surface area (Å²) in [5, 5.41) is 18.8. The summed E-state index contributed by atoms with van der Waals surface area (Å²) in [6, 6.07) is 5.43. The van der Waals surface area contributed by atoms with E-state index in [0.29, 0.717) is 30.3 Å². The van der Waals surface area contributed by atoms with Crippen molar-refractivity contribution in [3.05, 3.63) is 57.6 Å². The van der Waals surface area contributed by atoms with Crippen molar-refractivity contribution < 1.29 is 4.79 Å². The van der Waals surface area contributed by atoms with Gasteiger partial charge in [-0.25, -0.2) is 4.68 Å². The van der Waals surface area contributed by atoms with E-state index in [0.717, 1.165) is 21.4 Å². The van der Waals surface area contributed by atoms with Gasteiger partial charge in [-0.3, -0.25) is 9.78 Å². The number of nitrogens with zero attached hydrogens (tertiary/aromatic N) is 5. The van der Waals surface area contributed by atoms with E-state index in [1.54, 1.807) is 16.9 Å². The molecule has 140 valence electrons. The van der Waals surface area contributed by atoms with Crippen LogP contribution in [-0.2, 0) is 0 Å². The molecule has 1 amide bonds. The van der Waals surface area contributed by atoms with Gasteiger partial charge in [-0.05, 0) is 60.5 Å². The minimum Gasteiger partial charge on any atom is -0.367 e. The first-order valence-corrected chi connectivity index (χ1v) is 9.24. The third kappa shape index (κ3) is 4.48. The summed E-state index contributed by atoms with van der Waals surface area (Å²) in [6.07, 6.45) is 3.16. The van der Waals surface area contributed by atoms with Crippen LogP contribution in [0.5, 0.6) is 0 Å². The fourth-order valence-corrected chi connectivity index (χ4v) is 2.85. The van der Waals surface area contributed by atoms with Gasteiger partial charge in [0.2, 0.25) is 0 Å². The van der Waals surface area contributed by atoms with Gasteiger partial charge in [0.15, 0.2) is 5.82 Å². The van der Waals surface area contributed by atoms with Gasteiger partial charge in [0, 0.05) is 35.6 Å². The molecule has 8 nitrogen and oxygen atoms in total. The zero-order valence-corrected chi connectivity index (χ0v) is 16.9. The van der Waals surface area contributed by atoms with Gasteiger partial charge in [0.05, 0.1) is 11.3 Å². The highest BCUT2D eigenvalue weighted by atomic mass is 79.9. The maximum absolute atomic E-state index is 12.0. The lowest BCUT2D eigenvalue weighted by atomic mass is 10.2. The quantitative estimate of drug-likeness (QED) is 0.584. The number of hydrogen-bond donors (Lipinski definition) is 2. The molecule has 0 saturated heterocycles. The first-order chi connectivity index (χ1) is 13.0. The lowest BCUT2D eigenvalue weighted by molar-refractivity contribution is 0.0954. The maximum Gasteiger partial charge on any atom is 0.252 e. The average molecular weight is 430 g/mol. The molecule has 3 heterocycles. The molecule has 27 heavy (non-hydrogen) atoms. The Labute approximate surface area is 165 Å². The van der Waals surface area contributed by atoms with Gasteiger partial charge in [-0.15, -0.1) is 10.2 Å². The Bertz CT molecular complexity index is 953. The molecular weight excluding hydrogens is 410 g/mol. The number of carbonyl (C=O) groups excluding carboxylic acids is 1. The summed E-state index contributed by atoms with van der Waals surface area (Å²) < 4.78 is 2.55. The molecule has 0 unspecified atom stereocenters. The van der Waals surface area contributed by atoms with Crippen LogP contribution in [0.3, 0.4) is 0 Å². The Morgan fingerprint density at radius 1 is 1.15 bits per heavy atom. The van der Waals surface area contributed by atoms with Crippen molar-refractivity contribution in [2.24, 2.45) is 0 Å². The number of aryl methyl sites for hydroxylation is 1. The van der Waals surface area contributed by atoms with E-state index in [1.807, 2.05) is 32.9 Å². The van der Waals surface area contributed by atoms with Crippen molar-refractivity contribution in [3.8, 4) is 5.82 Å². The van der Waals surface area contributed by atoms with E-state index < -0.39 is 0 Å². The number of rotatable bonds is 6. The number of hydrogen-bond acceptors (Lipinski definition) is 6. The monoisotopic (exact) mass is 429 g/mol. The van der Waals surface area contributed by atoms with Crippen molar-refractivity contribution >= 4 is 27.7 Å². The minimum absolute atomic E-state index is 0.174. The van der Waals surface area contributed by atoms with Gasteiger partial charge in [0.1, 0.15) is 5.82 Å². The number of amides is 1. The second-order valence-corrected chi connectivity index (χ2v) is 6.97. The van der Waals surface area contributed by atoms with E-state index >= 15 is 0 Å². The molecule has 0 atom stereocenters. The van der Waals surface area contributed by atoms with E-state index in [9.17, 15) is 4.79 Å². The lowest BCUT2D eigenvalue weighted by Gasteiger charge is -2.08. The normalized spacial score (nSPS) is 10.7. The first-order valence-electron chi connectivity index (χ1n) is 8.45. The maximum atomic E-state index is 12.0. The summed E-state index contributed by atoms with van der Waals surface area (Å²) in [5.74, 6) is 1.13. The summed E-state index contributed by atoms with van der Waals surface area (Å²) in [6.45, 7) is 7.00. The largest absolute Gasteiger partial charge is 0.367 e. The van der Waals surface area contributed by atoms with Gasteiger partial charge in [-0.2, -0.15) is 5.10 Å². The van der Waals surface area contributed by atoms with Crippen LogP contribution in [0.25, 0.3) is 5.82 Å². The van der Waals surface area contributed by atoms with Crippen molar-refractivity contribution in [1.29, 1.82) is 0 Å². The van der Waals surface area contributed by atoms with Crippen LogP contribution in [-0.4, -0.2) is 44.0 Å². The number of pyridine rings is 1. The smallest absolute Gasteiger partial charge is 0.252 e. The predicted molar refractivity (Wildman–Crippen MR) is 106 cm³/mol. The van der Waals surface area contributed by atoms with Crippen LogP contribution < -0.4 is 10.6 Å². The zero-order valence-electron chi connectivity index (χ0n) is 15.3. The molecule has 0 aliphatic carbocycles. The van der Waals surface area contributed by atoms with E-state index in [-0.39, 0.29) is 5.91 Å². The second-order valence-electron chi connectivity index (χ2n) is 6.06. The summed E-state index contributed by atoms with van der Waals surface area (Å²) in [4.78, 5) is 16.0. The Morgan fingerprint density at radius 2 is 1.96 bits per heavy atom. The van der Waals surface area contributed by atoms with Crippen LogP contribution in [0.2, 0.25) is 0 Å². The third-order valence-electron chi connectivity index (χ3n) is 4.20. The lowest BCUT2D eigenvalue weighted by Crippen LogP contribution is -2.29. The molecule has 0 bridgehead atoms. The molecule has 3 aromatic rings. The zero-order chi connectivity index (χ0) is 19.4. The molecule has 0 aliphatic rings.